The molecule has 0 N–H and O–H groups in total. The van der Waals surface area contributed by atoms with Crippen molar-refractivity contribution in [3.8, 4) is 0 Å². The SMILES string of the molecule is Bc1cccc(Cc2cc3c(=O)n(C4CCOCC4)cnc3c3ccccc23)c1. The van der Waals surface area contributed by atoms with Gasteiger partial charge in [0.05, 0.1) is 17.2 Å². The highest BCUT2D eigenvalue weighted by Gasteiger charge is 2.19. The lowest BCUT2D eigenvalue weighted by molar-refractivity contribution is 0.0685. The standard InChI is InChI=1S/C24H23BN2O2/c25-18-5-3-4-16(13-18)12-17-14-22-23(21-7-2-1-6-20(17)21)26-15-27(24(22)28)19-8-10-29-11-9-19/h1-7,13-15,19H,8-12,25H2. The molecule has 0 atom stereocenters. The zero-order valence-corrected chi connectivity index (χ0v) is 16.6. The molecule has 5 rings (SSSR count). The fourth-order valence-corrected chi connectivity index (χ4v) is 4.46. The molecule has 0 spiro atoms. The first-order valence-corrected chi connectivity index (χ1v) is 10.3. The van der Waals surface area contributed by atoms with Crippen LogP contribution in [-0.2, 0) is 11.2 Å². The van der Waals surface area contributed by atoms with E-state index in [0.29, 0.717) is 18.6 Å². The molecular formula is C24H23BN2O2. The summed E-state index contributed by atoms with van der Waals surface area (Å²) in [6.45, 7) is 1.40. The minimum Gasteiger partial charge on any atom is -0.381 e. The molecule has 4 aromatic rings. The first-order valence-electron chi connectivity index (χ1n) is 10.3. The van der Waals surface area contributed by atoms with Crippen LogP contribution in [0.25, 0.3) is 21.7 Å². The molecule has 0 unspecified atom stereocenters. The Labute approximate surface area is 170 Å². The molecule has 0 bridgehead atoms. The quantitative estimate of drug-likeness (QED) is 0.404. The average molecular weight is 382 g/mol. The van der Waals surface area contributed by atoms with Gasteiger partial charge in [-0.3, -0.25) is 9.36 Å². The van der Waals surface area contributed by atoms with Gasteiger partial charge in [0.15, 0.2) is 0 Å². The number of hydrogen-bond donors (Lipinski definition) is 0. The van der Waals surface area contributed by atoms with Gasteiger partial charge in [0.1, 0.15) is 7.85 Å². The van der Waals surface area contributed by atoms with Gasteiger partial charge in [0, 0.05) is 24.6 Å². The van der Waals surface area contributed by atoms with Gasteiger partial charge in [0.25, 0.3) is 5.56 Å². The number of aromatic nitrogens is 2. The molecule has 0 radical (unpaired) electrons. The largest absolute Gasteiger partial charge is 0.381 e. The van der Waals surface area contributed by atoms with Crippen molar-refractivity contribution in [2.75, 3.05) is 13.2 Å². The number of benzene rings is 3. The van der Waals surface area contributed by atoms with Crippen molar-refractivity contribution in [3.63, 3.8) is 0 Å². The Morgan fingerprint density at radius 2 is 1.79 bits per heavy atom. The summed E-state index contributed by atoms with van der Waals surface area (Å²) >= 11 is 0. The number of nitrogens with zero attached hydrogens (tertiary/aromatic N) is 2. The number of ether oxygens (including phenoxy) is 1. The minimum absolute atomic E-state index is 0.0538. The maximum absolute atomic E-state index is 13.4. The summed E-state index contributed by atoms with van der Waals surface area (Å²) in [5.74, 6) is 0. The molecule has 0 aliphatic carbocycles. The summed E-state index contributed by atoms with van der Waals surface area (Å²) in [4.78, 5) is 18.1. The molecule has 1 aliphatic heterocycles. The Kier molecular flexibility index (Phi) is 4.68. The van der Waals surface area contributed by atoms with Crippen molar-refractivity contribution in [2.24, 2.45) is 0 Å². The second-order valence-electron chi connectivity index (χ2n) is 7.94. The first kappa shape index (κ1) is 18.1. The van der Waals surface area contributed by atoms with Gasteiger partial charge >= 0.3 is 0 Å². The minimum atomic E-state index is 0.0538. The summed E-state index contributed by atoms with van der Waals surface area (Å²) in [5, 5.41) is 2.92. The van der Waals surface area contributed by atoms with Gasteiger partial charge in [-0.25, -0.2) is 4.98 Å². The summed E-state index contributed by atoms with van der Waals surface area (Å²) in [6.07, 6.45) is 4.24. The third kappa shape index (κ3) is 3.36. The summed E-state index contributed by atoms with van der Waals surface area (Å²) in [7, 11) is 2.11. The van der Waals surface area contributed by atoms with Gasteiger partial charge in [-0.15, -0.1) is 0 Å². The second kappa shape index (κ2) is 7.49. The van der Waals surface area contributed by atoms with Gasteiger partial charge < -0.3 is 4.74 Å². The molecule has 4 nitrogen and oxygen atoms in total. The first-order chi connectivity index (χ1) is 14.2. The van der Waals surface area contributed by atoms with Crippen molar-refractivity contribution in [3.05, 3.63) is 82.4 Å². The third-order valence-corrected chi connectivity index (χ3v) is 5.94. The number of hydrogen-bond acceptors (Lipinski definition) is 3. The lowest BCUT2D eigenvalue weighted by atomic mass is 9.91. The molecule has 0 amide bonds. The molecule has 144 valence electrons. The van der Waals surface area contributed by atoms with Crippen LogP contribution in [0.15, 0.2) is 65.7 Å². The summed E-state index contributed by atoms with van der Waals surface area (Å²) in [5.41, 5.74) is 4.52. The van der Waals surface area contributed by atoms with Crippen molar-refractivity contribution in [1.29, 1.82) is 0 Å². The molecule has 0 saturated carbocycles. The smallest absolute Gasteiger partial charge is 0.261 e. The Morgan fingerprint density at radius 1 is 1.00 bits per heavy atom. The Balaban J connectivity index is 1.71. The van der Waals surface area contributed by atoms with Crippen LogP contribution in [0.2, 0.25) is 0 Å². The molecule has 3 aromatic carbocycles. The maximum atomic E-state index is 13.4. The Bertz CT molecular complexity index is 1260. The van der Waals surface area contributed by atoms with Gasteiger partial charge in [0.2, 0.25) is 0 Å². The highest BCUT2D eigenvalue weighted by atomic mass is 16.5. The Morgan fingerprint density at radius 3 is 2.59 bits per heavy atom. The Hall–Kier alpha value is -2.92. The average Bonchev–Trinajstić information content (AvgIpc) is 2.75. The van der Waals surface area contributed by atoms with Crippen LogP contribution in [0.5, 0.6) is 0 Å². The van der Waals surface area contributed by atoms with Crippen LogP contribution in [0.1, 0.15) is 30.0 Å². The molecular weight excluding hydrogens is 359 g/mol. The number of fused-ring (bicyclic) bond motifs is 3. The van der Waals surface area contributed by atoms with Crippen LogP contribution in [0, 0.1) is 0 Å². The molecule has 1 aliphatic rings. The molecule has 2 heterocycles. The van der Waals surface area contributed by atoms with E-state index in [2.05, 4.69) is 56.4 Å². The number of rotatable bonds is 3. The maximum Gasteiger partial charge on any atom is 0.261 e. The van der Waals surface area contributed by atoms with Gasteiger partial charge in [-0.05, 0) is 41.8 Å². The van der Waals surface area contributed by atoms with Crippen LogP contribution in [0.3, 0.4) is 0 Å². The highest BCUT2D eigenvalue weighted by Crippen LogP contribution is 2.28. The zero-order valence-electron chi connectivity index (χ0n) is 16.6. The lowest BCUT2D eigenvalue weighted by Crippen LogP contribution is -2.29. The molecule has 29 heavy (non-hydrogen) atoms. The van der Waals surface area contributed by atoms with E-state index in [1.807, 2.05) is 10.6 Å². The molecule has 1 saturated heterocycles. The molecule has 1 aromatic heterocycles. The summed E-state index contributed by atoms with van der Waals surface area (Å²) in [6, 6.07) is 19.1. The normalized spacial score (nSPS) is 15.2. The summed E-state index contributed by atoms with van der Waals surface area (Å²) < 4.78 is 7.28. The van der Waals surface area contributed by atoms with Gasteiger partial charge in [-0.1, -0.05) is 54.0 Å². The van der Waals surface area contributed by atoms with Crippen molar-refractivity contribution >= 4 is 35.0 Å². The van der Waals surface area contributed by atoms with E-state index in [4.69, 9.17) is 9.72 Å². The van der Waals surface area contributed by atoms with Crippen LogP contribution in [0.4, 0.5) is 0 Å². The molecule has 5 heteroatoms. The van der Waals surface area contributed by atoms with Crippen LogP contribution < -0.4 is 11.0 Å². The van der Waals surface area contributed by atoms with E-state index in [-0.39, 0.29) is 11.6 Å². The van der Waals surface area contributed by atoms with E-state index in [1.54, 1.807) is 6.33 Å². The topological polar surface area (TPSA) is 44.1 Å². The van der Waals surface area contributed by atoms with Crippen molar-refractivity contribution < 1.29 is 4.74 Å². The van der Waals surface area contributed by atoms with E-state index in [0.717, 1.165) is 35.6 Å². The molecule has 1 fully saturated rings. The van der Waals surface area contributed by atoms with Crippen LogP contribution >= 0.6 is 0 Å². The monoisotopic (exact) mass is 382 g/mol. The van der Waals surface area contributed by atoms with Gasteiger partial charge in [-0.2, -0.15) is 0 Å². The van der Waals surface area contributed by atoms with Crippen molar-refractivity contribution in [1.82, 2.24) is 9.55 Å². The fourth-order valence-electron chi connectivity index (χ4n) is 4.46. The van der Waals surface area contributed by atoms with E-state index in [1.165, 1.54) is 16.6 Å². The highest BCUT2D eigenvalue weighted by molar-refractivity contribution is 6.32. The van der Waals surface area contributed by atoms with E-state index in [9.17, 15) is 4.79 Å². The fraction of sp³-hybridized carbons (Fsp3) is 0.250. The third-order valence-electron chi connectivity index (χ3n) is 5.94. The van der Waals surface area contributed by atoms with Crippen LogP contribution in [-0.4, -0.2) is 30.6 Å². The van der Waals surface area contributed by atoms with E-state index < -0.39 is 0 Å². The zero-order chi connectivity index (χ0) is 19.8. The lowest BCUT2D eigenvalue weighted by Gasteiger charge is -2.24. The second-order valence-corrected chi connectivity index (χ2v) is 7.94. The predicted octanol–water partition coefficient (Wildman–Crippen LogP) is 2.75. The van der Waals surface area contributed by atoms with E-state index >= 15 is 0 Å². The predicted molar refractivity (Wildman–Crippen MR) is 120 cm³/mol. The van der Waals surface area contributed by atoms with Crippen molar-refractivity contribution in [2.45, 2.75) is 25.3 Å².